The topological polar surface area (TPSA) is 38.9 Å². The van der Waals surface area contributed by atoms with Gasteiger partial charge in [-0.2, -0.15) is 0 Å². The number of hydrogen-bond acceptors (Lipinski definition) is 3. The molecule has 0 aliphatic rings. The second kappa shape index (κ2) is 5.78. The Kier molecular flexibility index (Phi) is 4.62. The van der Waals surface area contributed by atoms with Crippen LogP contribution in [-0.4, -0.2) is 4.98 Å². The molecule has 0 saturated heterocycles. The standard InChI is InChI=1S/C15H18Br2N2S/c1-8-5-10(16)9(11(17)6-8)7-12-13(15(2,3)4)19-14(18)20-12/h5-6H,7H2,1-4H3,(H2,18,19). The molecule has 1 aromatic heterocycles. The third-order valence-electron chi connectivity index (χ3n) is 3.05. The summed E-state index contributed by atoms with van der Waals surface area (Å²) in [5.74, 6) is 0. The molecule has 0 atom stereocenters. The van der Waals surface area contributed by atoms with Gasteiger partial charge in [-0.3, -0.25) is 0 Å². The lowest BCUT2D eigenvalue weighted by molar-refractivity contribution is 0.568. The summed E-state index contributed by atoms with van der Waals surface area (Å²) in [7, 11) is 0. The zero-order valence-corrected chi connectivity index (χ0v) is 16.0. The fourth-order valence-corrected chi connectivity index (χ4v) is 4.89. The minimum absolute atomic E-state index is 0.00705. The summed E-state index contributed by atoms with van der Waals surface area (Å²) in [5, 5.41) is 0.643. The van der Waals surface area contributed by atoms with Gasteiger partial charge in [0.2, 0.25) is 0 Å². The van der Waals surface area contributed by atoms with E-state index in [2.05, 4.69) is 76.7 Å². The van der Waals surface area contributed by atoms with Crippen molar-refractivity contribution in [2.24, 2.45) is 0 Å². The van der Waals surface area contributed by atoms with Crippen molar-refractivity contribution in [2.45, 2.75) is 39.5 Å². The maximum Gasteiger partial charge on any atom is 0.180 e. The number of nitrogen functional groups attached to an aromatic ring is 1. The summed E-state index contributed by atoms with van der Waals surface area (Å²) in [4.78, 5) is 5.76. The Morgan fingerprint density at radius 1 is 1.20 bits per heavy atom. The quantitative estimate of drug-likeness (QED) is 0.705. The lowest BCUT2D eigenvalue weighted by atomic mass is 9.90. The van der Waals surface area contributed by atoms with Gasteiger partial charge in [0.25, 0.3) is 0 Å². The van der Waals surface area contributed by atoms with Crippen LogP contribution in [0.3, 0.4) is 0 Å². The van der Waals surface area contributed by atoms with Crippen molar-refractivity contribution in [1.29, 1.82) is 0 Å². The number of nitrogens with two attached hydrogens (primary N) is 1. The van der Waals surface area contributed by atoms with Gasteiger partial charge in [0.05, 0.1) is 5.69 Å². The van der Waals surface area contributed by atoms with Crippen LogP contribution in [0.5, 0.6) is 0 Å². The molecule has 2 N–H and O–H groups in total. The van der Waals surface area contributed by atoms with Gasteiger partial charge < -0.3 is 5.73 Å². The summed E-state index contributed by atoms with van der Waals surface area (Å²) in [5.41, 5.74) is 9.49. The number of halogens is 2. The minimum atomic E-state index is 0.00705. The molecule has 2 aromatic rings. The second-order valence-corrected chi connectivity index (χ2v) is 8.78. The zero-order chi connectivity index (χ0) is 15.1. The first kappa shape index (κ1) is 16.0. The van der Waals surface area contributed by atoms with Crippen LogP contribution < -0.4 is 5.73 Å². The molecule has 0 spiro atoms. The van der Waals surface area contributed by atoms with E-state index >= 15 is 0 Å². The molecule has 0 aliphatic heterocycles. The van der Waals surface area contributed by atoms with E-state index in [0.717, 1.165) is 21.1 Å². The summed E-state index contributed by atoms with van der Waals surface area (Å²) in [6, 6.07) is 4.28. The Morgan fingerprint density at radius 2 is 1.75 bits per heavy atom. The molecule has 0 saturated carbocycles. The molecular weight excluding hydrogens is 400 g/mol. The maximum atomic E-state index is 5.91. The predicted molar refractivity (Wildman–Crippen MR) is 94.6 cm³/mol. The molecule has 0 fully saturated rings. The largest absolute Gasteiger partial charge is 0.375 e. The van der Waals surface area contributed by atoms with Crippen molar-refractivity contribution in [3.05, 3.63) is 42.8 Å². The smallest absolute Gasteiger partial charge is 0.180 e. The van der Waals surface area contributed by atoms with E-state index in [1.54, 1.807) is 11.3 Å². The maximum absolute atomic E-state index is 5.91. The summed E-state index contributed by atoms with van der Waals surface area (Å²) in [6.07, 6.45) is 0.836. The predicted octanol–water partition coefficient (Wildman–Crippen LogP) is 5.45. The van der Waals surface area contributed by atoms with Crippen LogP contribution in [0, 0.1) is 6.92 Å². The number of aromatic nitrogens is 1. The van der Waals surface area contributed by atoms with Crippen molar-refractivity contribution >= 4 is 48.3 Å². The molecule has 20 heavy (non-hydrogen) atoms. The highest BCUT2D eigenvalue weighted by Gasteiger charge is 2.23. The molecule has 108 valence electrons. The molecule has 0 amide bonds. The van der Waals surface area contributed by atoms with Crippen LogP contribution in [0.15, 0.2) is 21.1 Å². The van der Waals surface area contributed by atoms with Crippen LogP contribution in [0.2, 0.25) is 0 Å². The Balaban J connectivity index is 2.46. The highest BCUT2D eigenvalue weighted by molar-refractivity contribution is 9.11. The van der Waals surface area contributed by atoms with Gasteiger partial charge in [-0.05, 0) is 30.2 Å². The first-order valence-electron chi connectivity index (χ1n) is 6.38. The first-order chi connectivity index (χ1) is 9.18. The van der Waals surface area contributed by atoms with Gasteiger partial charge in [0.15, 0.2) is 5.13 Å². The van der Waals surface area contributed by atoms with E-state index < -0.39 is 0 Å². The first-order valence-corrected chi connectivity index (χ1v) is 8.79. The lowest BCUT2D eigenvalue weighted by Crippen LogP contribution is -2.14. The SMILES string of the molecule is Cc1cc(Br)c(Cc2sc(N)nc2C(C)(C)C)c(Br)c1. The fourth-order valence-electron chi connectivity index (χ4n) is 2.13. The van der Waals surface area contributed by atoms with Crippen molar-refractivity contribution in [3.8, 4) is 0 Å². The average molecular weight is 418 g/mol. The molecule has 0 unspecified atom stereocenters. The Morgan fingerprint density at radius 3 is 2.25 bits per heavy atom. The number of aryl methyl sites for hydroxylation is 1. The minimum Gasteiger partial charge on any atom is -0.375 e. The number of nitrogens with zero attached hydrogens (tertiary/aromatic N) is 1. The van der Waals surface area contributed by atoms with Crippen LogP contribution >= 0.6 is 43.2 Å². The van der Waals surface area contributed by atoms with E-state index in [0.29, 0.717) is 5.13 Å². The molecule has 2 rings (SSSR count). The molecule has 1 aromatic carbocycles. The van der Waals surface area contributed by atoms with Crippen molar-refractivity contribution in [3.63, 3.8) is 0 Å². The molecule has 0 aliphatic carbocycles. The summed E-state index contributed by atoms with van der Waals surface area (Å²) in [6.45, 7) is 8.60. The number of hydrogen-bond donors (Lipinski definition) is 1. The average Bonchev–Trinajstić information content (AvgIpc) is 2.64. The molecule has 0 radical (unpaired) electrons. The monoisotopic (exact) mass is 416 g/mol. The highest BCUT2D eigenvalue weighted by Crippen LogP contribution is 2.36. The van der Waals surface area contributed by atoms with Crippen molar-refractivity contribution in [1.82, 2.24) is 4.98 Å². The summed E-state index contributed by atoms with van der Waals surface area (Å²) < 4.78 is 2.24. The summed E-state index contributed by atoms with van der Waals surface area (Å²) >= 11 is 8.90. The van der Waals surface area contributed by atoms with Crippen LogP contribution in [0.4, 0.5) is 5.13 Å². The van der Waals surface area contributed by atoms with Crippen LogP contribution in [-0.2, 0) is 11.8 Å². The van der Waals surface area contributed by atoms with E-state index in [1.807, 2.05) is 0 Å². The molecule has 2 nitrogen and oxygen atoms in total. The van der Waals surface area contributed by atoms with Gasteiger partial charge in [0, 0.05) is 25.7 Å². The third kappa shape index (κ3) is 3.43. The Hall–Kier alpha value is -0.390. The van der Waals surface area contributed by atoms with Gasteiger partial charge in [-0.1, -0.05) is 52.6 Å². The highest BCUT2D eigenvalue weighted by atomic mass is 79.9. The van der Waals surface area contributed by atoms with Crippen LogP contribution in [0.1, 0.15) is 42.5 Å². The van der Waals surface area contributed by atoms with E-state index in [4.69, 9.17) is 5.73 Å². The second-order valence-electron chi connectivity index (χ2n) is 5.96. The molecule has 5 heteroatoms. The Labute approximate surface area is 141 Å². The van der Waals surface area contributed by atoms with E-state index in [1.165, 1.54) is 16.0 Å². The third-order valence-corrected chi connectivity index (χ3v) is 5.35. The number of rotatable bonds is 2. The molecule has 0 bridgehead atoms. The van der Waals surface area contributed by atoms with E-state index in [9.17, 15) is 0 Å². The number of thiazole rings is 1. The Bertz CT molecular complexity index is 619. The van der Waals surface area contributed by atoms with Gasteiger partial charge in [-0.25, -0.2) is 4.98 Å². The molecular formula is C15H18Br2N2S. The number of anilines is 1. The van der Waals surface area contributed by atoms with Crippen molar-refractivity contribution < 1.29 is 0 Å². The van der Waals surface area contributed by atoms with Gasteiger partial charge in [0.1, 0.15) is 0 Å². The van der Waals surface area contributed by atoms with Gasteiger partial charge >= 0.3 is 0 Å². The fraction of sp³-hybridized carbons (Fsp3) is 0.400. The van der Waals surface area contributed by atoms with Crippen LogP contribution in [0.25, 0.3) is 0 Å². The zero-order valence-electron chi connectivity index (χ0n) is 12.1. The van der Waals surface area contributed by atoms with Crippen molar-refractivity contribution in [2.75, 3.05) is 5.73 Å². The lowest BCUT2D eigenvalue weighted by Gasteiger charge is -2.18. The van der Waals surface area contributed by atoms with Gasteiger partial charge in [-0.15, -0.1) is 11.3 Å². The number of benzene rings is 1. The molecule has 1 heterocycles. The normalized spacial score (nSPS) is 11.9. The van der Waals surface area contributed by atoms with E-state index in [-0.39, 0.29) is 5.41 Å².